The molecule has 4 aliphatic rings. The number of piperidine rings is 1. The lowest BCUT2D eigenvalue weighted by Crippen LogP contribution is -2.36. The number of aliphatic hydroxyl groups is 1. The molecule has 2 heterocycles. The molecule has 0 radical (unpaired) electrons. The maximum atomic E-state index is 13.9. The molecule has 6 rings (SSSR count). The fraction of sp³-hybridized carbons (Fsp3) is 0.567. The fourth-order valence-electron chi connectivity index (χ4n) is 6.42. The smallest absolute Gasteiger partial charge is 0.257 e. The third-order valence-corrected chi connectivity index (χ3v) is 10.7. The Labute approximate surface area is 239 Å². The van der Waals surface area contributed by atoms with Crippen molar-refractivity contribution < 1.29 is 31.8 Å². The Morgan fingerprint density at radius 2 is 1.71 bits per heavy atom. The predicted molar refractivity (Wildman–Crippen MR) is 154 cm³/mol. The van der Waals surface area contributed by atoms with Gasteiger partial charge in [-0.1, -0.05) is 0 Å². The van der Waals surface area contributed by atoms with E-state index in [0.29, 0.717) is 52.4 Å². The molecule has 3 fully saturated rings. The van der Waals surface area contributed by atoms with Crippen LogP contribution in [0.5, 0.6) is 5.75 Å². The molecule has 1 spiro atoms. The second kappa shape index (κ2) is 10.1. The first kappa shape index (κ1) is 28.2. The van der Waals surface area contributed by atoms with Crippen LogP contribution in [0.25, 0.3) is 0 Å². The molecule has 3 N–H and O–H groups in total. The summed E-state index contributed by atoms with van der Waals surface area (Å²) in [5, 5.41) is 14.4. The van der Waals surface area contributed by atoms with E-state index in [-0.39, 0.29) is 24.5 Å². The second-order valence-corrected chi connectivity index (χ2v) is 14.2. The predicted octanol–water partition coefficient (Wildman–Crippen LogP) is 5.41. The zero-order chi connectivity index (χ0) is 29.0. The van der Waals surface area contributed by atoms with E-state index in [9.17, 15) is 27.1 Å². The number of nitrogens with zero attached hydrogens (tertiary/aromatic N) is 1. The first-order valence-corrected chi connectivity index (χ1v) is 16.2. The Kier molecular flexibility index (Phi) is 6.96. The third-order valence-electron chi connectivity index (χ3n) is 9.37. The Hall–Kier alpha value is -2.92. The van der Waals surface area contributed by atoms with Crippen molar-refractivity contribution in [1.82, 2.24) is 0 Å². The number of fused-ring (bicyclic) bond motifs is 1. The van der Waals surface area contributed by atoms with E-state index >= 15 is 0 Å². The molecule has 222 valence electrons. The highest BCUT2D eigenvalue weighted by Gasteiger charge is 2.46. The average Bonchev–Trinajstić information content (AvgIpc) is 3.52. The second-order valence-electron chi connectivity index (χ2n) is 12.2. The molecule has 0 unspecified atom stereocenters. The summed E-state index contributed by atoms with van der Waals surface area (Å²) in [6.07, 6.45) is 4.11. The summed E-state index contributed by atoms with van der Waals surface area (Å²) < 4.78 is 60.7. The van der Waals surface area contributed by atoms with Crippen molar-refractivity contribution >= 4 is 33.0 Å². The minimum absolute atomic E-state index is 0.0643. The number of alkyl halides is 2. The highest BCUT2D eigenvalue weighted by Crippen LogP contribution is 2.54. The number of rotatable bonds is 7. The SMILES string of the molecule is CCS(=O)(=O)Nc1ccc(C(=O)Nc2cc3c(c(C4(O)CCC(F)(F)CC4)c2)OCC3)c(N2CCC3(CC2)CC3)c1. The summed E-state index contributed by atoms with van der Waals surface area (Å²) in [7, 11) is -3.50. The van der Waals surface area contributed by atoms with Gasteiger partial charge in [0.15, 0.2) is 0 Å². The highest BCUT2D eigenvalue weighted by atomic mass is 32.2. The van der Waals surface area contributed by atoms with Crippen LogP contribution in [-0.4, -0.2) is 50.8 Å². The molecule has 2 aliphatic heterocycles. The van der Waals surface area contributed by atoms with Crippen LogP contribution in [0, 0.1) is 5.41 Å². The van der Waals surface area contributed by atoms with E-state index < -0.39 is 34.4 Å². The molecule has 2 aromatic rings. The van der Waals surface area contributed by atoms with Crippen molar-refractivity contribution in [2.24, 2.45) is 5.41 Å². The van der Waals surface area contributed by atoms with Gasteiger partial charge in [-0.05, 0) is 86.8 Å². The van der Waals surface area contributed by atoms with Gasteiger partial charge in [0.1, 0.15) is 5.75 Å². The van der Waals surface area contributed by atoms with Gasteiger partial charge in [-0.15, -0.1) is 0 Å². The van der Waals surface area contributed by atoms with Crippen LogP contribution in [0.15, 0.2) is 30.3 Å². The number of hydrogen-bond donors (Lipinski definition) is 3. The fourth-order valence-corrected chi connectivity index (χ4v) is 7.05. The first-order chi connectivity index (χ1) is 19.4. The van der Waals surface area contributed by atoms with E-state index in [1.165, 1.54) is 12.8 Å². The number of benzene rings is 2. The lowest BCUT2D eigenvalue weighted by atomic mass is 9.77. The molecule has 8 nitrogen and oxygen atoms in total. The molecule has 1 amide bonds. The largest absolute Gasteiger partial charge is 0.493 e. The normalized spacial score (nSPS) is 22.1. The first-order valence-electron chi connectivity index (χ1n) is 14.5. The van der Waals surface area contributed by atoms with Crippen molar-refractivity contribution in [2.45, 2.75) is 76.2 Å². The average molecular weight is 590 g/mol. The van der Waals surface area contributed by atoms with Gasteiger partial charge in [0.2, 0.25) is 15.9 Å². The Bertz CT molecular complexity index is 1450. The molecule has 0 atom stereocenters. The Morgan fingerprint density at radius 1 is 1.00 bits per heavy atom. The topological polar surface area (TPSA) is 108 Å². The van der Waals surface area contributed by atoms with Gasteiger partial charge in [-0.25, -0.2) is 17.2 Å². The maximum absolute atomic E-state index is 13.9. The lowest BCUT2D eigenvalue weighted by Gasteiger charge is -2.37. The molecule has 41 heavy (non-hydrogen) atoms. The van der Waals surface area contributed by atoms with Gasteiger partial charge in [0.05, 0.1) is 34.9 Å². The molecule has 1 saturated heterocycles. The standard InChI is InChI=1S/C30H37F2N3O5S/c1-2-41(38,39)34-21-3-4-23(25(19-21)35-14-12-28(6-7-28)13-15-35)27(36)33-22-17-20-5-16-40-26(20)24(18-22)29(37)8-10-30(31,32)11-9-29/h3-4,17-19,34,37H,2,5-16H2,1H3,(H,33,36). The van der Waals surface area contributed by atoms with Crippen LogP contribution in [0.4, 0.5) is 25.8 Å². The van der Waals surface area contributed by atoms with Crippen molar-refractivity contribution in [1.29, 1.82) is 0 Å². The molecule has 2 saturated carbocycles. The maximum Gasteiger partial charge on any atom is 0.257 e. The summed E-state index contributed by atoms with van der Waals surface area (Å²) >= 11 is 0. The number of hydrogen-bond acceptors (Lipinski definition) is 6. The zero-order valence-corrected chi connectivity index (χ0v) is 24.1. The minimum atomic E-state index is -3.50. The number of nitrogens with one attached hydrogen (secondary N) is 2. The molecule has 2 aromatic carbocycles. The number of anilines is 3. The van der Waals surface area contributed by atoms with E-state index in [2.05, 4.69) is 14.9 Å². The number of ether oxygens (including phenoxy) is 1. The van der Waals surface area contributed by atoms with E-state index in [1.54, 1.807) is 31.2 Å². The number of carbonyl (C=O) groups is 1. The van der Waals surface area contributed by atoms with Crippen LogP contribution in [0.1, 0.15) is 79.8 Å². The van der Waals surface area contributed by atoms with Crippen LogP contribution in [0.3, 0.4) is 0 Å². The monoisotopic (exact) mass is 589 g/mol. The van der Waals surface area contributed by atoms with Gasteiger partial charge >= 0.3 is 0 Å². The van der Waals surface area contributed by atoms with Gasteiger partial charge in [-0.2, -0.15) is 0 Å². The van der Waals surface area contributed by atoms with E-state index in [0.717, 1.165) is 31.5 Å². The highest BCUT2D eigenvalue weighted by molar-refractivity contribution is 7.92. The quantitative estimate of drug-likeness (QED) is 0.399. The molecule has 0 bridgehead atoms. The molecule has 0 aromatic heterocycles. The van der Waals surface area contributed by atoms with E-state index in [1.807, 2.05) is 6.07 Å². The summed E-state index contributed by atoms with van der Waals surface area (Å²) in [5.74, 6) is -2.72. The Morgan fingerprint density at radius 3 is 2.37 bits per heavy atom. The van der Waals surface area contributed by atoms with Gasteiger partial charge in [0, 0.05) is 43.6 Å². The van der Waals surface area contributed by atoms with Gasteiger partial charge < -0.3 is 20.1 Å². The summed E-state index contributed by atoms with van der Waals surface area (Å²) in [5.41, 5.74) is 2.14. The van der Waals surface area contributed by atoms with Crippen LogP contribution in [0.2, 0.25) is 0 Å². The number of sulfonamides is 1. The van der Waals surface area contributed by atoms with Crippen LogP contribution < -0.4 is 19.7 Å². The van der Waals surface area contributed by atoms with Crippen molar-refractivity contribution in [2.75, 3.05) is 40.4 Å². The lowest BCUT2D eigenvalue weighted by molar-refractivity contribution is -0.107. The molecule has 11 heteroatoms. The summed E-state index contributed by atoms with van der Waals surface area (Å²) in [6, 6.07) is 8.40. The molecular formula is C30H37F2N3O5S. The number of halogens is 2. The number of amides is 1. The minimum Gasteiger partial charge on any atom is -0.493 e. The third kappa shape index (κ3) is 5.75. The summed E-state index contributed by atoms with van der Waals surface area (Å²) in [6.45, 7) is 3.54. The van der Waals surface area contributed by atoms with Crippen LogP contribution in [-0.2, 0) is 22.0 Å². The van der Waals surface area contributed by atoms with Gasteiger partial charge in [-0.3, -0.25) is 9.52 Å². The Balaban J connectivity index is 1.30. The van der Waals surface area contributed by atoms with Crippen LogP contribution >= 0.6 is 0 Å². The van der Waals surface area contributed by atoms with Crippen molar-refractivity contribution in [3.05, 3.63) is 47.0 Å². The molecular weight excluding hydrogens is 552 g/mol. The van der Waals surface area contributed by atoms with Gasteiger partial charge in [0.25, 0.3) is 5.91 Å². The van der Waals surface area contributed by atoms with Crippen molar-refractivity contribution in [3.8, 4) is 5.75 Å². The summed E-state index contributed by atoms with van der Waals surface area (Å²) in [4.78, 5) is 15.9. The number of carbonyl (C=O) groups excluding carboxylic acids is 1. The zero-order valence-electron chi connectivity index (χ0n) is 23.3. The van der Waals surface area contributed by atoms with E-state index in [4.69, 9.17) is 4.74 Å². The van der Waals surface area contributed by atoms with Crippen molar-refractivity contribution in [3.63, 3.8) is 0 Å². The molecule has 2 aliphatic carbocycles.